The van der Waals surface area contributed by atoms with Crippen molar-refractivity contribution in [3.05, 3.63) is 35.5 Å². The van der Waals surface area contributed by atoms with E-state index in [1.54, 1.807) is 12.1 Å². The average molecular weight is 377 g/mol. The summed E-state index contributed by atoms with van der Waals surface area (Å²) in [6.07, 6.45) is 1.40. The summed E-state index contributed by atoms with van der Waals surface area (Å²) in [4.78, 5) is 30.1. The van der Waals surface area contributed by atoms with Crippen LogP contribution in [0.5, 0.6) is 0 Å². The molecule has 26 heavy (non-hydrogen) atoms. The van der Waals surface area contributed by atoms with E-state index in [-0.39, 0.29) is 30.2 Å². The molecule has 2 aromatic rings. The van der Waals surface area contributed by atoms with Gasteiger partial charge in [0.15, 0.2) is 5.13 Å². The molecule has 2 heterocycles. The fourth-order valence-electron chi connectivity index (χ4n) is 2.94. The van der Waals surface area contributed by atoms with Gasteiger partial charge >= 0.3 is 5.97 Å². The second kappa shape index (κ2) is 8.37. The SMILES string of the molecule is COC(=O)C1CCN(CC(=O)Nc2nc(-c3ccc(F)cc3)cs2)CC1. The molecule has 0 unspecified atom stereocenters. The predicted molar refractivity (Wildman–Crippen MR) is 97.3 cm³/mol. The van der Waals surface area contributed by atoms with E-state index in [1.165, 1.54) is 30.6 Å². The van der Waals surface area contributed by atoms with Gasteiger partial charge in [-0.05, 0) is 50.2 Å². The first-order chi connectivity index (χ1) is 12.5. The Morgan fingerprint density at radius 2 is 2.00 bits per heavy atom. The molecular formula is C18H20FN3O3S. The summed E-state index contributed by atoms with van der Waals surface area (Å²) in [6, 6.07) is 6.07. The van der Waals surface area contributed by atoms with Crippen LogP contribution in [0.4, 0.5) is 9.52 Å². The molecule has 0 atom stereocenters. The Morgan fingerprint density at radius 1 is 1.31 bits per heavy atom. The maximum atomic E-state index is 13.0. The zero-order valence-corrected chi connectivity index (χ0v) is 15.2. The number of nitrogens with zero attached hydrogens (tertiary/aromatic N) is 2. The molecule has 6 nitrogen and oxygen atoms in total. The van der Waals surface area contributed by atoms with Crippen molar-refractivity contribution in [3.8, 4) is 11.3 Å². The van der Waals surface area contributed by atoms with Crippen LogP contribution in [0.1, 0.15) is 12.8 Å². The van der Waals surface area contributed by atoms with Gasteiger partial charge in [0.1, 0.15) is 5.82 Å². The lowest BCUT2D eigenvalue weighted by atomic mass is 9.97. The number of rotatable bonds is 5. The van der Waals surface area contributed by atoms with Gasteiger partial charge in [-0.1, -0.05) is 0 Å². The monoisotopic (exact) mass is 377 g/mol. The van der Waals surface area contributed by atoms with Crippen LogP contribution in [-0.2, 0) is 14.3 Å². The highest BCUT2D eigenvalue weighted by Gasteiger charge is 2.26. The minimum absolute atomic E-state index is 0.0726. The Morgan fingerprint density at radius 3 is 2.65 bits per heavy atom. The molecule has 3 rings (SSSR count). The number of esters is 1. The number of hydrogen-bond acceptors (Lipinski definition) is 6. The molecule has 0 radical (unpaired) electrons. The number of nitrogens with one attached hydrogen (secondary N) is 1. The highest BCUT2D eigenvalue weighted by Crippen LogP contribution is 2.25. The number of anilines is 1. The van der Waals surface area contributed by atoms with Crippen molar-refractivity contribution in [2.75, 3.05) is 32.1 Å². The Kier molecular flexibility index (Phi) is 5.95. The molecule has 0 saturated carbocycles. The normalized spacial score (nSPS) is 15.6. The van der Waals surface area contributed by atoms with Crippen molar-refractivity contribution < 1.29 is 18.7 Å². The summed E-state index contributed by atoms with van der Waals surface area (Å²) in [5.74, 6) is -0.684. The van der Waals surface area contributed by atoms with E-state index in [1.807, 2.05) is 10.3 Å². The number of likely N-dealkylation sites (tertiary alicyclic amines) is 1. The van der Waals surface area contributed by atoms with Gasteiger partial charge in [-0.3, -0.25) is 14.5 Å². The summed E-state index contributed by atoms with van der Waals surface area (Å²) in [6.45, 7) is 1.64. The molecule has 1 aromatic carbocycles. The maximum Gasteiger partial charge on any atom is 0.308 e. The Balaban J connectivity index is 1.50. The highest BCUT2D eigenvalue weighted by atomic mass is 32.1. The topological polar surface area (TPSA) is 71.5 Å². The van der Waals surface area contributed by atoms with Crippen LogP contribution in [0.15, 0.2) is 29.6 Å². The number of aromatic nitrogens is 1. The fourth-order valence-corrected chi connectivity index (χ4v) is 3.68. The van der Waals surface area contributed by atoms with E-state index >= 15 is 0 Å². The zero-order chi connectivity index (χ0) is 18.5. The van der Waals surface area contributed by atoms with Crippen LogP contribution in [-0.4, -0.2) is 48.5 Å². The maximum absolute atomic E-state index is 13.0. The molecular weight excluding hydrogens is 357 g/mol. The van der Waals surface area contributed by atoms with Crippen LogP contribution in [0, 0.1) is 11.7 Å². The van der Waals surface area contributed by atoms with Crippen molar-refractivity contribution in [1.29, 1.82) is 0 Å². The lowest BCUT2D eigenvalue weighted by Crippen LogP contribution is -2.41. The summed E-state index contributed by atoms with van der Waals surface area (Å²) in [7, 11) is 1.40. The van der Waals surface area contributed by atoms with Crippen molar-refractivity contribution >= 4 is 28.3 Å². The number of ether oxygens (including phenoxy) is 1. The first kappa shape index (κ1) is 18.5. The van der Waals surface area contributed by atoms with Gasteiger partial charge in [0.2, 0.25) is 5.91 Å². The van der Waals surface area contributed by atoms with Gasteiger partial charge in [0, 0.05) is 10.9 Å². The molecule has 1 amide bonds. The van der Waals surface area contributed by atoms with E-state index in [0.717, 1.165) is 5.56 Å². The molecule has 1 N–H and O–H groups in total. The second-order valence-electron chi connectivity index (χ2n) is 6.17. The van der Waals surface area contributed by atoms with Crippen LogP contribution >= 0.6 is 11.3 Å². The predicted octanol–water partition coefficient (Wildman–Crippen LogP) is 2.77. The van der Waals surface area contributed by atoms with Gasteiger partial charge in [-0.25, -0.2) is 9.37 Å². The van der Waals surface area contributed by atoms with Crippen molar-refractivity contribution in [2.24, 2.45) is 5.92 Å². The van der Waals surface area contributed by atoms with Crippen LogP contribution < -0.4 is 5.32 Å². The molecule has 1 saturated heterocycles. The summed E-state index contributed by atoms with van der Waals surface area (Å²) in [5.41, 5.74) is 1.50. The lowest BCUT2D eigenvalue weighted by Gasteiger charge is -2.29. The Bertz CT molecular complexity index is 770. The largest absolute Gasteiger partial charge is 0.469 e. The van der Waals surface area contributed by atoms with Gasteiger partial charge in [-0.2, -0.15) is 0 Å². The van der Waals surface area contributed by atoms with Crippen molar-refractivity contribution in [1.82, 2.24) is 9.88 Å². The number of thiazole rings is 1. The first-order valence-electron chi connectivity index (χ1n) is 8.36. The molecule has 0 aliphatic carbocycles. The number of benzene rings is 1. The minimum atomic E-state index is -0.298. The van der Waals surface area contributed by atoms with Crippen LogP contribution in [0.3, 0.4) is 0 Å². The molecule has 8 heteroatoms. The number of hydrogen-bond donors (Lipinski definition) is 1. The summed E-state index contributed by atoms with van der Waals surface area (Å²) >= 11 is 1.33. The number of methoxy groups -OCH3 is 1. The number of piperidine rings is 1. The summed E-state index contributed by atoms with van der Waals surface area (Å²) < 4.78 is 17.8. The van der Waals surface area contributed by atoms with E-state index in [9.17, 15) is 14.0 Å². The Labute approximate surface area is 155 Å². The number of halogens is 1. The number of amides is 1. The third kappa shape index (κ3) is 4.64. The van der Waals surface area contributed by atoms with Crippen LogP contribution in [0.2, 0.25) is 0 Å². The molecule has 0 spiro atoms. The van der Waals surface area contributed by atoms with Crippen molar-refractivity contribution in [2.45, 2.75) is 12.8 Å². The van der Waals surface area contributed by atoms with Crippen molar-refractivity contribution in [3.63, 3.8) is 0 Å². The third-order valence-electron chi connectivity index (χ3n) is 4.38. The smallest absolute Gasteiger partial charge is 0.308 e. The Hall–Kier alpha value is -2.32. The van der Waals surface area contributed by atoms with E-state index in [4.69, 9.17) is 4.74 Å². The van der Waals surface area contributed by atoms with E-state index in [2.05, 4.69) is 10.3 Å². The van der Waals surface area contributed by atoms with Gasteiger partial charge in [0.05, 0.1) is 25.3 Å². The molecule has 1 aromatic heterocycles. The third-order valence-corrected chi connectivity index (χ3v) is 5.14. The second-order valence-corrected chi connectivity index (χ2v) is 7.02. The molecule has 1 aliphatic rings. The molecule has 1 aliphatic heterocycles. The van der Waals surface area contributed by atoms with E-state index in [0.29, 0.717) is 36.8 Å². The van der Waals surface area contributed by atoms with Crippen LogP contribution in [0.25, 0.3) is 11.3 Å². The molecule has 138 valence electrons. The average Bonchev–Trinajstić information content (AvgIpc) is 3.10. The fraction of sp³-hybridized carbons (Fsp3) is 0.389. The van der Waals surface area contributed by atoms with Gasteiger partial charge < -0.3 is 10.1 Å². The quantitative estimate of drug-likeness (QED) is 0.812. The number of carbonyl (C=O) groups excluding carboxylic acids is 2. The first-order valence-corrected chi connectivity index (χ1v) is 9.24. The standard InChI is InChI=1S/C18H20FN3O3S/c1-25-17(24)13-6-8-22(9-7-13)10-16(23)21-18-20-15(11-26-18)12-2-4-14(19)5-3-12/h2-5,11,13H,6-10H2,1H3,(H,20,21,23). The number of carbonyl (C=O) groups is 2. The molecule has 1 fully saturated rings. The lowest BCUT2D eigenvalue weighted by molar-refractivity contribution is -0.147. The minimum Gasteiger partial charge on any atom is -0.469 e. The highest BCUT2D eigenvalue weighted by molar-refractivity contribution is 7.14. The zero-order valence-electron chi connectivity index (χ0n) is 14.4. The van der Waals surface area contributed by atoms with Gasteiger partial charge in [0.25, 0.3) is 0 Å². The summed E-state index contributed by atoms with van der Waals surface area (Å²) in [5, 5.41) is 5.13. The molecule has 0 bridgehead atoms. The van der Waals surface area contributed by atoms with Gasteiger partial charge in [-0.15, -0.1) is 11.3 Å². The van der Waals surface area contributed by atoms with E-state index < -0.39 is 0 Å².